The molecule has 1 N–H and O–H groups in total. The van der Waals surface area contributed by atoms with Crippen molar-refractivity contribution >= 4 is 39.2 Å². The number of benzene rings is 1. The summed E-state index contributed by atoms with van der Waals surface area (Å²) in [6.07, 6.45) is 1.68. The van der Waals surface area contributed by atoms with Gasteiger partial charge in [0.25, 0.3) is 0 Å². The van der Waals surface area contributed by atoms with Crippen LogP contribution in [0.25, 0.3) is 11.0 Å². The molecule has 2 aromatic heterocycles. The predicted octanol–water partition coefficient (Wildman–Crippen LogP) is 4.66. The lowest BCUT2D eigenvalue weighted by Crippen LogP contribution is -2.05. The standard InChI is InChI=1S/C13H11BrN2OS/c1-8(12-3-2-6-17-12)16-11-7-9(14)4-5-10(11)15-13(16)18/h2-8H,1H3,(H,15,18). The van der Waals surface area contributed by atoms with E-state index in [2.05, 4.69) is 38.5 Å². The number of H-pyrrole nitrogens is 1. The predicted molar refractivity (Wildman–Crippen MR) is 77.3 cm³/mol. The van der Waals surface area contributed by atoms with Crippen molar-refractivity contribution in [2.24, 2.45) is 0 Å². The third-order valence-corrected chi connectivity index (χ3v) is 3.81. The molecule has 0 saturated carbocycles. The summed E-state index contributed by atoms with van der Waals surface area (Å²) in [5.41, 5.74) is 2.10. The quantitative estimate of drug-likeness (QED) is 0.696. The van der Waals surface area contributed by atoms with E-state index >= 15 is 0 Å². The van der Waals surface area contributed by atoms with E-state index in [0.717, 1.165) is 21.3 Å². The molecule has 3 aromatic rings. The summed E-state index contributed by atoms with van der Waals surface area (Å²) in [4.78, 5) is 3.21. The van der Waals surface area contributed by atoms with Gasteiger partial charge in [-0.2, -0.15) is 0 Å². The highest BCUT2D eigenvalue weighted by atomic mass is 79.9. The summed E-state index contributed by atoms with van der Waals surface area (Å²) in [6.45, 7) is 2.07. The summed E-state index contributed by atoms with van der Waals surface area (Å²) in [5.74, 6) is 0.895. The Morgan fingerprint density at radius 1 is 1.39 bits per heavy atom. The van der Waals surface area contributed by atoms with Crippen LogP contribution in [0.15, 0.2) is 45.5 Å². The van der Waals surface area contributed by atoms with Crippen LogP contribution in [0.1, 0.15) is 18.7 Å². The number of aromatic amines is 1. The molecule has 3 nitrogen and oxygen atoms in total. The van der Waals surface area contributed by atoms with Crippen molar-refractivity contribution in [3.8, 4) is 0 Å². The summed E-state index contributed by atoms with van der Waals surface area (Å²) in [6, 6.07) is 9.98. The van der Waals surface area contributed by atoms with Crippen LogP contribution in [0.5, 0.6) is 0 Å². The molecule has 2 heterocycles. The van der Waals surface area contributed by atoms with Gasteiger partial charge in [-0.05, 0) is 49.5 Å². The minimum absolute atomic E-state index is 0.0653. The topological polar surface area (TPSA) is 33.9 Å². The third kappa shape index (κ3) is 1.83. The maximum atomic E-state index is 5.46. The van der Waals surface area contributed by atoms with Gasteiger partial charge in [0.05, 0.1) is 23.3 Å². The molecule has 0 radical (unpaired) electrons. The van der Waals surface area contributed by atoms with Crippen LogP contribution in [0, 0.1) is 4.77 Å². The highest BCUT2D eigenvalue weighted by Crippen LogP contribution is 2.26. The maximum absolute atomic E-state index is 5.46. The zero-order valence-corrected chi connectivity index (χ0v) is 12.1. The lowest BCUT2D eigenvalue weighted by Gasteiger charge is -2.11. The van der Waals surface area contributed by atoms with Crippen molar-refractivity contribution in [1.82, 2.24) is 9.55 Å². The van der Waals surface area contributed by atoms with Crippen molar-refractivity contribution in [2.75, 3.05) is 0 Å². The van der Waals surface area contributed by atoms with Gasteiger partial charge in [0.15, 0.2) is 4.77 Å². The Labute approximate surface area is 118 Å². The van der Waals surface area contributed by atoms with Crippen molar-refractivity contribution in [3.63, 3.8) is 0 Å². The highest BCUT2D eigenvalue weighted by Gasteiger charge is 2.15. The number of nitrogens with one attached hydrogen (secondary N) is 1. The molecule has 0 spiro atoms. The van der Waals surface area contributed by atoms with Gasteiger partial charge in [-0.25, -0.2) is 0 Å². The van der Waals surface area contributed by atoms with Crippen molar-refractivity contribution < 1.29 is 4.42 Å². The van der Waals surface area contributed by atoms with E-state index in [-0.39, 0.29) is 6.04 Å². The number of aromatic nitrogens is 2. The van der Waals surface area contributed by atoms with Gasteiger partial charge >= 0.3 is 0 Å². The fraction of sp³-hybridized carbons (Fsp3) is 0.154. The molecule has 0 aliphatic heterocycles. The Kier molecular flexibility index (Phi) is 2.87. The lowest BCUT2D eigenvalue weighted by atomic mass is 10.2. The molecule has 0 aliphatic rings. The Morgan fingerprint density at radius 3 is 2.94 bits per heavy atom. The summed E-state index contributed by atoms with van der Waals surface area (Å²) >= 11 is 8.89. The SMILES string of the molecule is CC(c1ccco1)n1c(=S)[nH]c2ccc(Br)cc21. The first kappa shape index (κ1) is 11.7. The van der Waals surface area contributed by atoms with Gasteiger partial charge in [0.2, 0.25) is 0 Å². The minimum atomic E-state index is 0.0653. The lowest BCUT2D eigenvalue weighted by molar-refractivity contribution is 0.449. The average molecular weight is 323 g/mol. The Morgan fingerprint density at radius 2 is 2.22 bits per heavy atom. The van der Waals surface area contributed by atoms with E-state index in [4.69, 9.17) is 16.6 Å². The maximum Gasteiger partial charge on any atom is 0.178 e. The summed E-state index contributed by atoms with van der Waals surface area (Å²) < 4.78 is 9.26. The highest BCUT2D eigenvalue weighted by molar-refractivity contribution is 9.10. The van der Waals surface area contributed by atoms with E-state index < -0.39 is 0 Å². The van der Waals surface area contributed by atoms with Gasteiger partial charge in [-0.15, -0.1) is 0 Å². The largest absolute Gasteiger partial charge is 0.467 e. The van der Waals surface area contributed by atoms with Crippen LogP contribution in [0.3, 0.4) is 0 Å². The van der Waals surface area contributed by atoms with E-state index in [1.807, 2.05) is 24.3 Å². The van der Waals surface area contributed by atoms with Gasteiger partial charge < -0.3 is 14.0 Å². The molecule has 5 heteroatoms. The third-order valence-electron chi connectivity index (χ3n) is 3.02. The van der Waals surface area contributed by atoms with Crippen LogP contribution >= 0.6 is 28.1 Å². The van der Waals surface area contributed by atoms with Crippen molar-refractivity contribution in [2.45, 2.75) is 13.0 Å². The van der Waals surface area contributed by atoms with E-state index in [9.17, 15) is 0 Å². The smallest absolute Gasteiger partial charge is 0.178 e. The van der Waals surface area contributed by atoms with E-state index in [0.29, 0.717) is 4.77 Å². The van der Waals surface area contributed by atoms with Gasteiger partial charge in [-0.3, -0.25) is 0 Å². The second-order valence-electron chi connectivity index (χ2n) is 4.15. The van der Waals surface area contributed by atoms with Crippen LogP contribution in [0.2, 0.25) is 0 Å². The summed E-state index contributed by atoms with van der Waals surface area (Å²) in [5, 5.41) is 0. The molecule has 1 unspecified atom stereocenters. The summed E-state index contributed by atoms with van der Waals surface area (Å²) in [7, 11) is 0. The normalized spacial score (nSPS) is 13.0. The molecule has 0 saturated heterocycles. The number of halogens is 1. The number of nitrogens with zero attached hydrogens (tertiary/aromatic N) is 1. The second kappa shape index (κ2) is 4.40. The molecular formula is C13H11BrN2OS. The Hall–Kier alpha value is -1.33. The molecular weight excluding hydrogens is 312 g/mol. The zero-order valence-electron chi connectivity index (χ0n) is 9.68. The van der Waals surface area contributed by atoms with Gasteiger partial charge in [0.1, 0.15) is 5.76 Å². The fourth-order valence-electron chi connectivity index (χ4n) is 2.14. The molecule has 0 amide bonds. The molecule has 0 aliphatic carbocycles. The minimum Gasteiger partial charge on any atom is -0.467 e. The molecule has 3 rings (SSSR count). The first-order valence-electron chi connectivity index (χ1n) is 5.60. The number of hydrogen-bond donors (Lipinski definition) is 1. The molecule has 92 valence electrons. The van der Waals surface area contributed by atoms with Crippen molar-refractivity contribution in [1.29, 1.82) is 0 Å². The Bertz CT molecular complexity index is 742. The average Bonchev–Trinajstić information content (AvgIpc) is 2.94. The number of rotatable bonds is 2. The van der Waals surface area contributed by atoms with Crippen molar-refractivity contribution in [3.05, 3.63) is 51.6 Å². The number of hydrogen-bond acceptors (Lipinski definition) is 2. The number of fused-ring (bicyclic) bond motifs is 1. The molecule has 1 atom stereocenters. The number of furan rings is 1. The van der Waals surface area contributed by atoms with Crippen LogP contribution in [-0.2, 0) is 0 Å². The molecule has 18 heavy (non-hydrogen) atoms. The van der Waals surface area contributed by atoms with Gasteiger partial charge in [-0.1, -0.05) is 15.9 Å². The fourth-order valence-corrected chi connectivity index (χ4v) is 2.85. The second-order valence-corrected chi connectivity index (χ2v) is 5.46. The van der Waals surface area contributed by atoms with Crippen LogP contribution in [0.4, 0.5) is 0 Å². The monoisotopic (exact) mass is 322 g/mol. The van der Waals surface area contributed by atoms with Gasteiger partial charge in [0, 0.05) is 4.47 Å². The number of imidazole rings is 1. The van der Waals surface area contributed by atoms with E-state index in [1.54, 1.807) is 6.26 Å². The van der Waals surface area contributed by atoms with Crippen LogP contribution in [-0.4, -0.2) is 9.55 Å². The van der Waals surface area contributed by atoms with E-state index in [1.165, 1.54) is 0 Å². The zero-order chi connectivity index (χ0) is 12.7. The van der Waals surface area contributed by atoms with Crippen LogP contribution < -0.4 is 0 Å². The Balaban J connectivity index is 2.25. The molecule has 0 bridgehead atoms. The first-order valence-corrected chi connectivity index (χ1v) is 6.80. The molecule has 1 aromatic carbocycles. The molecule has 0 fully saturated rings. The first-order chi connectivity index (χ1) is 8.66.